The lowest BCUT2D eigenvalue weighted by atomic mass is 9.77. The Morgan fingerprint density at radius 1 is 1.40 bits per heavy atom. The normalized spacial score (nSPS) is 32.4. The van der Waals surface area contributed by atoms with Crippen LogP contribution in [0, 0.1) is 22.0 Å². The van der Waals surface area contributed by atoms with Crippen LogP contribution in [0.25, 0.3) is 0 Å². The average molecular weight is 346 g/mol. The molecule has 3 aliphatic rings. The van der Waals surface area contributed by atoms with Crippen LogP contribution < -0.4 is 9.64 Å². The Labute approximate surface area is 141 Å². The van der Waals surface area contributed by atoms with Gasteiger partial charge in [-0.15, -0.1) is 0 Å². The van der Waals surface area contributed by atoms with E-state index in [2.05, 4.69) is 0 Å². The Morgan fingerprint density at radius 3 is 2.80 bits per heavy atom. The summed E-state index contributed by atoms with van der Waals surface area (Å²) in [5, 5.41) is 20.6. The third-order valence-corrected chi connectivity index (χ3v) is 5.02. The summed E-state index contributed by atoms with van der Waals surface area (Å²) < 4.78 is 10.8. The minimum absolute atomic E-state index is 0.0511. The Bertz CT molecular complexity index is 836. The fraction of sp³-hybridized carbons (Fsp3) is 0.375. The van der Waals surface area contributed by atoms with Crippen molar-refractivity contribution < 1.29 is 29.1 Å². The summed E-state index contributed by atoms with van der Waals surface area (Å²) in [6.45, 7) is -0.411. The molecule has 9 nitrogen and oxygen atoms in total. The summed E-state index contributed by atoms with van der Waals surface area (Å²) in [4.78, 5) is 37.1. The van der Waals surface area contributed by atoms with E-state index in [9.17, 15) is 24.8 Å². The molecule has 2 amide bonds. The highest BCUT2D eigenvalue weighted by Crippen LogP contribution is 2.53. The minimum atomic E-state index is -1.19. The molecule has 1 aromatic rings. The predicted octanol–water partition coefficient (Wildman–Crippen LogP) is 0.409. The molecule has 2 saturated heterocycles. The Hall–Kier alpha value is -2.78. The van der Waals surface area contributed by atoms with Crippen LogP contribution in [0.4, 0.5) is 11.4 Å². The maximum atomic E-state index is 12.9. The molecule has 130 valence electrons. The molecule has 4 rings (SSSR count). The van der Waals surface area contributed by atoms with Gasteiger partial charge >= 0.3 is 0 Å². The van der Waals surface area contributed by atoms with E-state index in [1.807, 2.05) is 0 Å². The number of nitrogens with zero attached hydrogens (tertiary/aromatic N) is 2. The molecule has 3 aliphatic heterocycles. The smallest absolute Gasteiger partial charge is 0.273 e. The topological polar surface area (TPSA) is 119 Å². The first kappa shape index (κ1) is 15.7. The van der Waals surface area contributed by atoms with Gasteiger partial charge in [0.1, 0.15) is 11.4 Å². The Kier molecular flexibility index (Phi) is 3.21. The van der Waals surface area contributed by atoms with Crippen molar-refractivity contribution in [3.05, 3.63) is 40.5 Å². The summed E-state index contributed by atoms with van der Waals surface area (Å²) in [6.07, 6.45) is 2.74. The molecule has 9 heteroatoms. The number of ether oxygens (including phenoxy) is 2. The van der Waals surface area contributed by atoms with Gasteiger partial charge in [0.2, 0.25) is 11.8 Å². The number of fused-ring (bicyclic) bond motifs is 5. The predicted molar refractivity (Wildman–Crippen MR) is 83.0 cm³/mol. The van der Waals surface area contributed by atoms with Crippen molar-refractivity contribution >= 4 is 23.2 Å². The van der Waals surface area contributed by atoms with Gasteiger partial charge < -0.3 is 14.6 Å². The molecule has 1 aromatic carbocycles. The number of methoxy groups -OCH3 is 1. The second-order valence-electron chi connectivity index (χ2n) is 6.18. The van der Waals surface area contributed by atoms with E-state index in [1.165, 1.54) is 19.2 Å². The third-order valence-electron chi connectivity index (χ3n) is 5.02. The van der Waals surface area contributed by atoms with Crippen molar-refractivity contribution in [3.63, 3.8) is 0 Å². The minimum Gasteiger partial charge on any atom is -0.494 e. The van der Waals surface area contributed by atoms with Crippen LogP contribution in [-0.2, 0) is 14.3 Å². The standard InChI is InChI=1S/C16H14N2O7/c1-24-11-6-8(18(22)23)2-3-9(11)17-14(20)12-10-4-5-16(7-19,25-10)13(12)15(17)21/h2-6,10,12-13,19H,7H2,1H3/t10-,12+,13-,16+/m1/s1. The molecule has 0 aromatic heterocycles. The number of nitro groups is 1. The van der Waals surface area contributed by atoms with Crippen molar-refractivity contribution in [1.82, 2.24) is 0 Å². The number of aliphatic hydroxyl groups excluding tert-OH is 1. The van der Waals surface area contributed by atoms with Crippen molar-refractivity contribution in [2.24, 2.45) is 11.8 Å². The highest BCUT2D eigenvalue weighted by atomic mass is 16.6. The first-order valence-corrected chi connectivity index (χ1v) is 7.62. The van der Waals surface area contributed by atoms with E-state index in [4.69, 9.17) is 9.47 Å². The van der Waals surface area contributed by atoms with Crippen molar-refractivity contribution in [2.45, 2.75) is 11.7 Å². The van der Waals surface area contributed by atoms with Crippen LogP contribution in [0.5, 0.6) is 5.75 Å². The fourth-order valence-corrected chi connectivity index (χ4v) is 3.89. The number of hydrogen-bond donors (Lipinski definition) is 1. The SMILES string of the molecule is COc1cc([N+](=O)[O-])ccc1N1C(=O)[C@H]2[C@H]3C=C[C@@](CO)(O3)[C@H]2C1=O. The highest BCUT2D eigenvalue weighted by molar-refractivity contribution is 6.24. The maximum Gasteiger partial charge on any atom is 0.273 e. The Morgan fingerprint density at radius 2 is 2.16 bits per heavy atom. The molecule has 0 unspecified atom stereocenters. The number of non-ortho nitro benzene ring substituents is 1. The number of aliphatic hydroxyl groups is 1. The van der Waals surface area contributed by atoms with Crippen LogP contribution in [-0.4, -0.2) is 47.3 Å². The van der Waals surface area contributed by atoms with E-state index in [0.717, 1.165) is 11.0 Å². The monoisotopic (exact) mass is 346 g/mol. The van der Waals surface area contributed by atoms with Gasteiger partial charge in [0.25, 0.3) is 5.69 Å². The lowest BCUT2D eigenvalue weighted by molar-refractivity contribution is -0.384. The lowest BCUT2D eigenvalue weighted by Gasteiger charge is -2.26. The van der Waals surface area contributed by atoms with Crippen molar-refractivity contribution in [1.29, 1.82) is 0 Å². The second kappa shape index (κ2) is 5.11. The largest absolute Gasteiger partial charge is 0.494 e. The molecular weight excluding hydrogens is 332 g/mol. The van der Waals surface area contributed by atoms with E-state index in [1.54, 1.807) is 12.2 Å². The van der Waals surface area contributed by atoms with Gasteiger partial charge in [0.05, 0.1) is 48.3 Å². The molecule has 2 fully saturated rings. The highest BCUT2D eigenvalue weighted by Gasteiger charge is 2.67. The molecular formula is C16H14N2O7. The quantitative estimate of drug-likeness (QED) is 0.363. The number of rotatable bonds is 4. The summed E-state index contributed by atoms with van der Waals surface area (Å²) in [7, 11) is 1.30. The molecule has 0 spiro atoms. The molecule has 0 radical (unpaired) electrons. The molecule has 3 heterocycles. The summed E-state index contributed by atoms with van der Waals surface area (Å²) in [5.74, 6) is -2.46. The summed E-state index contributed by atoms with van der Waals surface area (Å²) in [5.41, 5.74) is -1.26. The van der Waals surface area contributed by atoms with Gasteiger partial charge in [0, 0.05) is 6.07 Å². The van der Waals surface area contributed by atoms with Crippen LogP contribution in [0.15, 0.2) is 30.4 Å². The number of anilines is 1. The number of amides is 2. The zero-order valence-corrected chi connectivity index (χ0v) is 13.1. The summed E-state index contributed by atoms with van der Waals surface area (Å²) in [6, 6.07) is 3.68. The molecule has 1 N–H and O–H groups in total. The van der Waals surface area contributed by atoms with Gasteiger partial charge in [0.15, 0.2) is 0 Å². The van der Waals surface area contributed by atoms with Gasteiger partial charge in [-0.25, -0.2) is 4.90 Å². The van der Waals surface area contributed by atoms with E-state index in [-0.39, 0.29) is 17.1 Å². The zero-order valence-electron chi connectivity index (χ0n) is 13.1. The molecule has 4 atom stereocenters. The van der Waals surface area contributed by atoms with Crippen LogP contribution in [0.3, 0.4) is 0 Å². The van der Waals surface area contributed by atoms with Crippen LogP contribution >= 0.6 is 0 Å². The van der Waals surface area contributed by atoms with Gasteiger partial charge in [-0.1, -0.05) is 12.2 Å². The Balaban J connectivity index is 1.78. The first-order valence-electron chi connectivity index (χ1n) is 7.62. The number of hydrogen-bond acceptors (Lipinski definition) is 7. The number of imide groups is 1. The van der Waals surface area contributed by atoms with Crippen molar-refractivity contribution in [2.75, 3.05) is 18.6 Å². The van der Waals surface area contributed by atoms with Gasteiger partial charge in [-0.05, 0) is 6.07 Å². The van der Waals surface area contributed by atoms with E-state index in [0.29, 0.717) is 0 Å². The number of benzene rings is 1. The summed E-state index contributed by atoms with van der Waals surface area (Å²) >= 11 is 0. The third kappa shape index (κ3) is 1.90. The van der Waals surface area contributed by atoms with E-state index >= 15 is 0 Å². The van der Waals surface area contributed by atoms with Crippen molar-refractivity contribution in [3.8, 4) is 5.75 Å². The van der Waals surface area contributed by atoms with Gasteiger partial charge in [-0.2, -0.15) is 0 Å². The number of carbonyl (C=O) groups excluding carboxylic acids is 2. The number of carbonyl (C=O) groups is 2. The fourth-order valence-electron chi connectivity index (χ4n) is 3.89. The molecule has 0 saturated carbocycles. The van der Waals surface area contributed by atoms with Crippen LogP contribution in [0.2, 0.25) is 0 Å². The maximum absolute atomic E-state index is 12.9. The first-order chi connectivity index (χ1) is 11.9. The molecule has 0 aliphatic carbocycles. The zero-order chi connectivity index (χ0) is 17.9. The second-order valence-corrected chi connectivity index (χ2v) is 6.18. The average Bonchev–Trinajstić information content (AvgIpc) is 3.25. The molecule has 2 bridgehead atoms. The van der Waals surface area contributed by atoms with Crippen LogP contribution in [0.1, 0.15) is 0 Å². The van der Waals surface area contributed by atoms with Gasteiger partial charge in [-0.3, -0.25) is 19.7 Å². The molecule has 25 heavy (non-hydrogen) atoms. The van der Waals surface area contributed by atoms with E-state index < -0.39 is 46.9 Å². The lowest BCUT2D eigenvalue weighted by Crippen LogP contribution is -2.43. The number of nitro benzene ring substituents is 1.